The number of hydrogen-bond acceptors (Lipinski definition) is 2. The summed E-state index contributed by atoms with van der Waals surface area (Å²) in [6.45, 7) is -0.354. The predicted octanol–water partition coefficient (Wildman–Crippen LogP) is 2.55. The number of benzene rings is 1. The molecule has 0 fully saturated rings. The van der Waals surface area contributed by atoms with Gasteiger partial charge in [0.25, 0.3) is 6.43 Å². The molecule has 0 saturated heterocycles. The van der Waals surface area contributed by atoms with Gasteiger partial charge in [-0.05, 0) is 22.0 Å². The molecule has 0 amide bonds. The molecule has 1 aromatic rings. The highest BCUT2D eigenvalue weighted by Gasteiger charge is 2.09. The normalized spacial score (nSPS) is 10.6. The fourth-order valence-electron chi connectivity index (χ4n) is 1.02. The summed E-state index contributed by atoms with van der Waals surface area (Å²) in [6.07, 6.45) is -2.48. The van der Waals surface area contributed by atoms with Crippen LogP contribution in [0.1, 0.15) is 5.56 Å². The largest absolute Gasteiger partial charge is 0.486 e. The minimum absolute atomic E-state index is 0.262. The number of rotatable bonds is 4. The summed E-state index contributed by atoms with van der Waals surface area (Å²) in [6, 6.07) is 5.24. The first-order valence-electron chi connectivity index (χ1n) is 4.03. The zero-order valence-electron chi connectivity index (χ0n) is 7.34. The number of ether oxygens (including phenoxy) is 1. The van der Waals surface area contributed by atoms with Crippen molar-refractivity contribution in [3.05, 3.63) is 28.2 Å². The van der Waals surface area contributed by atoms with Gasteiger partial charge in [0, 0.05) is 12.1 Å². The summed E-state index contributed by atoms with van der Waals surface area (Å²) in [5, 5.41) is 0. The van der Waals surface area contributed by atoms with Crippen molar-refractivity contribution >= 4 is 15.9 Å². The number of halogens is 3. The highest BCUT2D eigenvalue weighted by molar-refractivity contribution is 9.10. The Balaban J connectivity index is 2.82. The van der Waals surface area contributed by atoms with Gasteiger partial charge in [0.15, 0.2) is 0 Å². The first-order chi connectivity index (χ1) is 6.65. The molecule has 0 aliphatic heterocycles. The molecule has 0 atom stereocenters. The molecule has 0 saturated carbocycles. The van der Waals surface area contributed by atoms with E-state index in [1.165, 1.54) is 0 Å². The third-order valence-corrected chi connectivity index (χ3v) is 2.25. The Kier molecular flexibility index (Phi) is 4.28. The van der Waals surface area contributed by atoms with E-state index in [2.05, 4.69) is 15.9 Å². The molecule has 14 heavy (non-hydrogen) atoms. The van der Waals surface area contributed by atoms with E-state index in [1.54, 1.807) is 18.2 Å². The molecule has 0 aliphatic rings. The number of alkyl halides is 2. The van der Waals surface area contributed by atoms with Crippen molar-refractivity contribution in [2.45, 2.75) is 13.0 Å². The molecule has 0 aromatic heterocycles. The van der Waals surface area contributed by atoms with Crippen LogP contribution in [0.5, 0.6) is 5.75 Å². The lowest BCUT2D eigenvalue weighted by Gasteiger charge is -2.11. The Labute approximate surface area is 89.2 Å². The summed E-state index contributed by atoms with van der Waals surface area (Å²) in [7, 11) is 0. The van der Waals surface area contributed by atoms with Crippen LogP contribution in [-0.4, -0.2) is 13.0 Å². The van der Waals surface area contributed by atoms with Crippen molar-refractivity contribution in [1.82, 2.24) is 0 Å². The van der Waals surface area contributed by atoms with Gasteiger partial charge >= 0.3 is 0 Å². The summed E-state index contributed by atoms with van der Waals surface area (Å²) >= 11 is 3.21. The lowest BCUT2D eigenvalue weighted by molar-refractivity contribution is 0.0810. The fourth-order valence-corrected chi connectivity index (χ4v) is 1.54. The predicted molar refractivity (Wildman–Crippen MR) is 53.5 cm³/mol. The fraction of sp³-hybridized carbons (Fsp3) is 0.333. The maximum absolute atomic E-state index is 11.9. The smallest absolute Gasteiger partial charge is 0.272 e. The maximum atomic E-state index is 11.9. The van der Waals surface area contributed by atoms with Gasteiger partial charge in [-0.3, -0.25) is 0 Å². The number of nitrogens with two attached hydrogens (primary N) is 1. The van der Waals surface area contributed by atoms with Gasteiger partial charge in [-0.2, -0.15) is 0 Å². The molecule has 78 valence electrons. The molecule has 0 radical (unpaired) electrons. The molecule has 1 aromatic carbocycles. The van der Waals surface area contributed by atoms with Gasteiger partial charge in [-0.15, -0.1) is 0 Å². The van der Waals surface area contributed by atoms with Crippen molar-refractivity contribution in [1.29, 1.82) is 0 Å². The van der Waals surface area contributed by atoms with Crippen LogP contribution in [0.3, 0.4) is 0 Å². The first-order valence-corrected chi connectivity index (χ1v) is 4.83. The molecule has 1 rings (SSSR count). The SMILES string of the molecule is NCc1cccc(Br)c1OCC(F)F. The Morgan fingerprint density at radius 3 is 2.71 bits per heavy atom. The Bertz CT molecular complexity index is 307. The summed E-state index contributed by atoms with van der Waals surface area (Å²) < 4.78 is 29.4. The molecule has 2 N–H and O–H groups in total. The van der Waals surface area contributed by atoms with E-state index in [9.17, 15) is 8.78 Å². The first kappa shape index (κ1) is 11.4. The van der Waals surface area contributed by atoms with Crippen LogP contribution < -0.4 is 10.5 Å². The van der Waals surface area contributed by atoms with Gasteiger partial charge < -0.3 is 10.5 Å². The second kappa shape index (κ2) is 5.26. The molecule has 0 unspecified atom stereocenters. The monoisotopic (exact) mass is 265 g/mol. The summed E-state index contributed by atoms with van der Waals surface area (Å²) in [5.74, 6) is 0.398. The number of hydrogen-bond donors (Lipinski definition) is 1. The van der Waals surface area contributed by atoms with E-state index in [0.717, 1.165) is 0 Å². The van der Waals surface area contributed by atoms with Crippen molar-refractivity contribution in [2.24, 2.45) is 5.73 Å². The minimum atomic E-state index is -2.48. The van der Waals surface area contributed by atoms with Crippen molar-refractivity contribution in [3.8, 4) is 5.75 Å². The Morgan fingerprint density at radius 2 is 2.14 bits per heavy atom. The van der Waals surface area contributed by atoms with Gasteiger partial charge in [-0.1, -0.05) is 12.1 Å². The maximum Gasteiger partial charge on any atom is 0.272 e. The second-order valence-corrected chi connectivity index (χ2v) is 3.49. The van der Waals surface area contributed by atoms with Gasteiger partial charge in [0.05, 0.1) is 4.47 Å². The van der Waals surface area contributed by atoms with Crippen LogP contribution in [0.2, 0.25) is 0 Å². The Hall–Kier alpha value is -0.680. The Morgan fingerprint density at radius 1 is 1.43 bits per heavy atom. The lowest BCUT2D eigenvalue weighted by Crippen LogP contribution is -2.10. The van der Waals surface area contributed by atoms with E-state index in [4.69, 9.17) is 10.5 Å². The van der Waals surface area contributed by atoms with Crippen LogP contribution in [0.15, 0.2) is 22.7 Å². The van der Waals surface area contributed by atoms with Crippen LogP contribution in [0, 0.1) is 0 Å². The standard InChI is InChI=1S/C9H10BrF2NO/c10-7-3-1-2-6(4-13)9(7)14-5-8(11)12/h1-3,8H,4-5,13H2. The topological polar surface area (TPSA) is 35.2 Å². The summed E-state index contributed by atoms with van der Waals surface area (Å²) in [4.78, 5) is 0. The van der Waals surface area contributed by atoms with Crippen molar-refractivity contribution < 1.29 is 13.5 Å². The second-order valence-electron chi connectivity index (χ2n) is 2.63. The van der Waals surface area contributed by atoms with E-state index in [0.29, 0.717) is 15.8 Å². The van der Waals surface area contributed by atoms with E-state index in [1.807, 2.05) is 0 Å². The third-order valence-electron chi connectivity index (χ3n) is 1.62. The molecular formula is C9H10BrF2NO. The molecule has 0 spiro atoms. The van der Waals surface area contributed by atoms with Crippen LogP contribution >= 0.6 is 15.9 Å². The highest BCUT2D eigenvalue weighted by atomic mass is 79.9. The molecule has 0 aliphatic carbocycles. The van der Waals surface area contributed by atoms with Crippen LogP contribution in [0.25, 0.3) is 0 Å². The average Bonchev–Trinajstić information content (AvgIpc) is 2.15. The van der Waals surface area contributed by atoms with Gasteiger partial charge in [-0.25, -0.2) is 8.78 Å². The quantitative estimate of drug-likeness (QED) is 0.908. The molecule has 0 heterocycles. The average molecular weight is 266 g/mol. The molecule has 5 heteroatoms. The third kappa shape index (κ3) is 2.92. The summed E-state index contributed by atoms with van der Waals surface area (Å²) in [5.41, 5.74) is 6.15. The van der Waals surface area contributed by atoms with Gasteiger partial charge in [0.1, 0.15) is 12.4 Å². The van der Waals surface area contributed by atoms with E-state index >= 15 is 0 Å². The zero-order chi connectivity index (χ0) is 10.6. The zero-order valence-corrected chi connectivity index (χ0v) is 8.93. The van der Waals surface area contributed by atoms with Crippen molar-refractivity contribution in [3.63, 3.8) is 0 Å². The van der Waals surface area contributed by atoms with Crippen molar-refractivity contribution in [2.75, 3.05) is 6.61 Å². The molecule has 2 nitrogen and oxygen atoms in total. The van der Waals surface area contributed by atoms with E-state index < -0.39 is 13.0 Å². The highest BCUT2D eigenvalue weighted by Crippen LogP contribution is 2.28. The van der Waals surface area contributed by atoms with Crippen LogP contribution in [0.4, 0.5) is 8.78 Å². The number of para-hydroxylation sites is 1. The van der Waals surface area contributed by atoms with Gasteiger partial charge in [0.2, 0.25) is 0 Å². The van der Waals surface area contributed by atoms with Crippen LogP contribution in [-0.2, 0) is 6.54 Å². The minimum Gasteiger partial charge on any atom is -0.486 e. The lowest BCUT2D eigenvalue weighted by atomic mass is 10.2. The molecule has 0 bridgehead atoms. The molecular weight excluding hydrogens is 256 g/mol. The van der Waals surface area contributed by atoms with E-state index in [-0.39, 0.29) is 6.54 Å².